The van der Waals surface area contributed by atoms with Crippen molar-refractivity contribution in [2.24, 2.45) is 0 Å². The van der Waals surface area contributed by atoms with E-state index in [9.17, 15) is 9.90 Å². The van der Waals surface area contributed by atoms with Crippen molar-refractivity contribution in [1.82, 2.24) is 0 Å². The topological polar surface area (TPSA) is 49.8 Å². The van der Waals surface area contributed by atoms with E-state index in [2.05, 4.69) is 0 Å². The molecule has 1 N–H and O–H groups in total. The number of ether oxygens (including phenoxy) is 1. The molecule has 0 bridgehead atoms. The van der Waals surface area contributed by atoms with Gasteiger partial charge in [-0.1, -0.05) is 72.0 Å². The zero-order valence-electron chi connectivity index (χ0n) is 14.7. The normalized spacial score (nSPS) is 15.6. The average Bonchev–Trinajstić information content (AvgIpc) is 2.97. The third-order valence-corrected chi connectivity index (χ3v) is 5.96. The zero-order chi connectivity index (χ0) is 19.8. The predicted molar refractivity (Wildman–Crippen MR) is 119 cm³/mol. The number of phenols is 1. The highest BCUT2D eigenvalue weighted by molar-refractivity contribution is 8.27. The van der Waals surface area contributed by atoms with Crippen LogP contribution in [0.2, 0.25) is 5.02 Å². The molecule has 0 saturated carbocycles. The molecule has 0 radical (unpaired) electrons. The number of phenolic OH excluding ortho intramolecular Hbond substituents is 1. The summed E-state index contributed by atoms with van der Waals surface area (Å²) < 4.78 is 5.59. The van der Waals surface area contributed by atoms with Crippen molar-refractivity contribution in [2.75, 3.05) is 12.0 Å². The maximum Gasteiger partial charge on any atom is 0.270 e. The second kappa shape index (κ2) is 7.47. The highest BCUT2D eigenvalue weighted by Gasteiger charge is 2.34. The van der Waals surface area contributed by atoms with E-state index in [1.807, 2.05) is 42.5 Å². The first-order chi connectivity index (χ1) is 13.5. The Labute approximate surface area is 176 Å². The number of amides is 1. The number of halogens is 1. The van der Waals surface area contributed by atoms with Crippen LogP contribution < -0.4 is 9.64 Å². The molecule has 1 aliphatic heterocycles. The molecule has 1 fully saturated rings. The second-order valence-electron chi connectivity index (χ2n) is 6.07. The smallest absolute Gasteiger partial charge is 0.270 e. The molecular formula is C21H14ClNO3S2. The summed E-state index contributed by atoms with van der Waals surface area (Å²) in [5.41, 5.74) is 1.39. The number of nitrogens with zero attached hydrogens (tertiary/aromatic N) is 1. The van der Waals surface area contributed by atoms with Gasteiger partial charge in [-0.2, -0.15) is 0 Å². The van der Waals surface area contributed by atoms with Crippen LogP contribution in [0.25, 0.3) is 16.8 Å². The van der Waals surface area contributed by atoms with Gasteiger partial charge < -0.3 is 9.84 Å². The average molecular weight is 428 g/mol. The number of hydrogen-bond donors (Lipinski definition) is 1. The van der Waals surface area contributed by atoms with E-state index in [-0.39, 0.29) is 22.4 Å². The van der Waals surface area contributed by atoms with Crippen LogP contribution in [0, 0.1) is 0 Å². The molecular weight excluding hydrogens is 414 g/mol. The molecule has 3 aromatic carbocycles. The lowest BCUT2D eigenvalue weighted by atomic mass is 10.1. The first-order valence-corrected chi connectivity index (χ1v) is 9.92. The van der Waals surface area contributed by atoms with Crippen molar-refractivity contribution in [2.45, 2.75) is 0 Å². The van der Waals surface area contributed by atoms with Crippen LogP contribution in [-0.4, -0.2) is 22.4 Å². The molecule has 0 aromatic heterocycles. The molecule has 0 spiro atoms. The zero-order valence-corrected chi connectivity index (χ0v) is 17.1. The van der Waals surface area contributed by atoms with Gasteiger partial charge in [0.2, 0.25) is 0 Å². The minimum Gasteiger partial charge on any atom is -0.503 e. The Morgan fingerprint density at radius 2 is 1.93 bits per heavy atom. The molecule has 140 valence electrons. The summed E-state index contributed by atoms with van der Waals surface area (Å²) in [6.45, 7) is 0. The Bertz CT molecular complexity index is 1150. The number of carbonyl (C=O) groups is 1. The SMILES string of the molecule is COc1cc(/C=C2/SC(=S)N(c3cccc4ccccc34)C2=O)cc(Cl)c1O. The summed E-state index contributed by atoms with van der Waals surface area (Å²) >= 11 is 12.8. The number of thiocarbonyl (C=S) groups is 1. The van der Waals surface area contributed by atoms with Gasteiger partial charge in [0, 0.05) is 5.39 Å². The molecule has 3 aromatic rings. The molecule has 4 rings (SSSR count). The first kappa shape index (κ1) is 18.8. The lowest BCUT2D eigenvalue weighted by Crippen LogP contribution is -2.27. The lowest BCUT2D eigenvalue weighted by molar-refractivity contribution is -0.113. The summed E-state index contributed by atoms with van der Waals surface area (Å²) in [7, 11) is 1.44. The standard InChI is InChI=1S/C21H14ClNO3S2/c1-26-17-10-12(9-15(22)19(17)24)11-18-20(25)23(21(27)28-18)16-8-4-6-13-5-2-3-7-14(13)16/h2-11,24H,1H3/b18-11+. The Morgan fingerprint density at radius 3 is 2.71 bits per heavy atom. The molecule has 1 aliphatic rings. The molecule has 1 heterocycles. The number of fused-ring (bicyclic) bond motifs is 1. The molecule has 0 aliphatic carbocycles. The van der Waals surface area contributed by atoms with Crippen LogP contribution in [0.15, 0.2) is 59.5 Å². The minimum absolute atomic E-state index is 0.135. The quantitative estimate of drug-likeness (QED) is 0.434. The number of benzene rings is 3. The Kier molecular flexibility index (Phi) is 5.02. The van der Waals surface area contributed by atoms with E-state index in [0.717, 1.165) is 16.5 Å². The molecule has 1 saturated heterocycles. The number of aromatic hydroxyl groups is 1. The highest BCUT2D eigenvalue weighted by atomic mass is 35.5. The van der Waals surface area contributed by atoms with Crippen LogP contribution in [0.5, 0.6) is 11.5 Å². The van der Waals surface area contributed by atoms with Crippen molar-refractivity contribution in [1.29, 1.82) is 0 Å². The fourth-order valence-electron chi connectivity index (χ4n) is 3.06. The minimum atomic E-state index is -0.200. The number of anilines is 1. The summed E-state index contributed by atoms with van der Waals surface area (Å²) in [6.07, 6.45) is 1.69. The monoisotopic (exact) mass is 427 g/mol. The number of carbonyl (C=O) groups excluding carboxylic acids is 1. The summed E-state index contributed by atoms with van der Waals surface area (Å²) in [6, 6.07) is 16.8. The van der Waals surface area contributed by atoms with Gasteiger partial charge in [-0.25, -0.2) is 0 Å². The second-order valence-corrected chi connectivity index (χ2v) is 8.15. The molecule has 0 atom stereocenters. The first-order valence-electron chi connectivity index (χ1n) is 8.32. The van der Waals surface area contributed by atoms with E-state index in [1.54, 1.807) is 23.1 Å². The van der Waals surface area contributed by atoms with Crippen molar-refractivity contribution in [3.8, 4) is 11.5 Å². The number of rotatable bonds is 3. The summed E-state index contributed by atoms with van der Waals surface area (Å²) in [5, 5.41) is 12.0. The maximum atomic E-state index is 13.1. The molecule has 1 amide bonds. The predicted octanol–water partition coefficient (Wildman–Crippen LogP) is 5.61. The van der Waals surface area contributed by atoms with E-state index < -0.39 is 0 Å². The van der Waals surface area contributed by atoms with Gasteiger partial charge in [0.25, 0.3) is 5.91 Å². The molecule has 4 nitrogen and oxygen atoms in total. The van der Waals surface area contributed by atoms with E-state index >= 15 is 0 Å². The Balaban J connectivity index is 1.76. The molecule has 0 unspecified atom stereocenters. The largest absolute Gasteiger partial charge is 0.503 e. The number of methoxy groups -OCH3 is 1. The number of hydrogen-bond acceptors (Lipinski definition) is 5. The van der Waals surface area contributed by atoms with Gasteiger partial charge >= 0.3 is 0 Å². The summed E-state index contributed by atoms with van der Waals surface area (Å²) in [5.74, 6) is -0.0950. The van der Waals surface area contributed by atoms with E-state index in [4.69, 9.17) is 28.6 Å². The fourth-order valence-corrected chi connectivity index (χ4v) is 4.57. The van der Waals surface area contributed by atoms with Crippen LogP contribution in [-0.2, 0) is 4.79 Å². The van der Waals surface area contributed by atoms with Gasteiger partial charge in [0.05, 0.1) is 22.7 Å². The van der Waals surface area contributed by atoms with E-state index in [0.29, 0.717) is 14.8 Å². The molecule has 7 heteroatoms. The van der Waals surface area contributed by atoms with Crippen molar-refractivity contribution in [3.05, 3.63) is 70.1 Å². The van der Waals surface area contributed by atoms with E-state index in [1.165, 1.54) is 18.9 Å². The van der Waals surface area contributed by atoms with Crippen molar-refractivity contribution in [3.63, 3.8) is 0 Å². The van der Waals surface area contributed by atoms with Crippen LogP contribution in [0.1, 0.15) is 5.56 Å². The van der Waals surface area contributed by atoms with Gasteiger partial charge in [0.1, 0.15) is 0 Å². The van der Waals surface area contributed by atoms with Gasteiger partial charge in [0.15, 0.2) is 15.8 Å². The summed E-state index contributed by atoms with van der Waals surface area (Å²) in [4.78, 5) is 15.1. The van der Waals surface area contributed by atoms with Gasteiger partial charge in [-0.3, -0.25) is 9.69 Å². The maximum absolute atomic E-state index is 13.1. The van der Waals surface area contributed by atoms with Crippen LogP contribution in [0.3, 0.4) is 0 Å². The highest BCUT2D eigenvalue weighted by Crippen LogP contribution is 2.40. The molecule has 28 heavy (non-hydrogen) atoms. The lowest BCUT2D eigenvalue weighted by Gasteiger charge is -2.17. The fraction of sp³-hybridized carbons (Fsp3) is 0.0476. The Hall–Kier alpha value is -2.54. The van der Waals surface area contributed by atoms with Gasteiger partial charge in [-0.05, 0) is 35.2 Å². The van der Waals surface area contributed by atoms with Crippen molar-refractivity contribution >= 4 is 68.3 Å². The van der Waals surface area contributed by atoms with Crippen LogP contribution in [0.4, 0.5) is 5.69 Å². The number of thioether (sulfide) groups is 1. The third-order valence-electron chi connectivity index (χ3n) is 4.37. The van der Waals surface area contributed by atoms with Crippen LogP contribution >= 0.6 is 35.6 Å². The van der Waals surface area contributed by atoms with Gasteiger partial charge in [-0.15, -0.1) is 0 Å². The Morgan fingerprint density at radius 1 is 1.18 bits per heavy atom. The third kappa shape index (κ3) is 3.24. The van der Waals surface area contributed by atoms with Crippen molar-refractivity contribution < 1.29 is 14.6 Å².